The number of aryl methyl sites for hydroxylation is 1. The number of benzene rings is 2. The van der Waals surface area contributed by atoms with E-state index in [0.717, 1.165) is 23.0 Å². The van der Waals surface area contributed by atoms with Crippen molar-refractivity contribution in [3.8, 4) is 17.5 Å². The monoisotopic (exact) mass is 380 g/mol. The van der Waals surface area contributed by atoms with E-state index < -0.39 is 10.0 Å². The Labute approximate surface area is 158 Å². The van der Waals surface area contributed by atoms with E-state index in [-0.39, 0.29) is 12.1 Å². The van der Waals surface area contributed by atoms with Gasteiger partial charge in [-0.15, -0.1) is 0 Å². The van der Waals surface area contributed by atoms with Crippen LogP contribution in [0.4, 0.5) is 0 Å². The summed E-state index contributed by atoms with van der Waals surface area (Å²) >= 11 is 0. The Morgan fingerprint density at radius 2 is 1.81 bits per heavy atom. The lowest BCUT2D eigenvalue weighted by molar-refractivity contribution is 0.592. The second-order valence-corrected chi connectivity index (χ2v) is 7.96. The van der Waals surface area contributed by atoms with E-state index in [9.17, 15) is 13.2 Å². The molecule has 0 spiro atoms. The molecule has 6 heteroatoms. The minimum absolute atomic E-state index is 0.00482. The Hall–Kier alpha value is -2.88. The van der Waals surface area contributed by atoms with Crippen LogP contribution in [0, 0.1) is 11.8 Å². The summed E-state index contributed by atoms with van der Waals surface area (Å²) in [5, 5.41) is 1.36. The fraction of sp³-hybridized carbons (Fsp3) is 0.190. The van der Waals surface area contributed by atoms with Crippen LogP contribution in [0.2, 0.25) is 0 Å². The van der Waals surface area contributed by atoms with Gasteiger partial charge in [0.25, 0.3) is 5.56 Å². The van der Waals surface area contributed by atoms with Crippen molar-refractivity contribution in [2.75, 3.05) is 12.8 Å². The van der Waals surface area contributed by atoms with Crippen LogP contribution in [-0.4, -0.2) is 25.8 Å². The first-order valence-electron chi connectivity index (χ1n) is 8.57. The van der Waals surface area contributed by atoms with Gasteiger partial charge in [-0.25, -0.2) is 13.1 Å². The van der Waals surface area contributed by atoms with Gasteiger partial charge < -0.3 is 0 Å². The average molecular weight is 380 g/mol. The number of pyridine rings is 1. The molecule has 0 aliphatic rings. The molecule has 0 amide bonds. The smallest absolute Gasteiger partial charge is 0.264 e. The zero-order valence-corrected chi connectivity index (χ0v) is 16.0. The van der Waals surface area contributed by atoms with Crippen LogP contribution in [0.3, 0.4) is 0 Å². The quantitative estimate of drug-likeness (QED) is 0.707. The summed E-state index contributed by atoms with van der Waals surface area (Å²) < 4.78 is 26.3. The molecule has 1 heterocycles. The van der Waals surface area contributed by atoms with Crippen molar-refractivity contribution in [3.05, 3.63) is 76.2 Å². The summed E-state index contributed by atoms with van der Waals surface area (Å²) in [5.41, 5.74) is 2.18. The molecule has 1 aromatic heterocycles. The molecule has 3 aromatic rings. The fourth-order valence-electron chi connectivity index (χ4n) is 2.95. The Bertz CT molecular complexity index is 1200. The number of para-hydroxylation sites is 1. The average Bonchev–Trinajstić information content (AvgIpc) is 2.64. The molecule has 0 aliphatic carbocycles. The van der Waals surface area contributed by atoms with Gasteiger partial charge in [0.1, 0.15) is 0 Å². The molecule has 0 saturated heterocycles. The number of fused-ring (bicyclic) bond motifs is 1. The minimum Gasteiger partial charge on any atom is -0.281 e. The molecule has 0 aliphatic heterocycles. The van der Waals surface area contributed by atoms with Gasteiger partial charge in [-0.2, -0.15) is 0 Å². The maximum atomic E-state index is 13.3. The van der Waals surface area contributed by atoms with E-state index in [2.05, 4.69) is 16.6 Å². The van der Waals surface area contributed by atoms with E-state index in [1.807, 2.05) is 55.5 Å². The zero-order chi connectivity index (χ0) is 19.4. The van der Waals surface area contributed by atoms with Crippen LogP contribution in [0.5, 0.6) is 0 Å². The minimum atomic E-state index is -3.30. The first kappa shape index (κ1) is 18.9. The molecule has 0 fully saturated rings. The maximum Gasteiger partial charge on any atom is 0.264 e. The molecule has 27 heavy (non-hydrogen) atoms. The number of hydrogen-bond acceptors (Lipinski definition) is 3. The van der Waals surface area contributed by atoms with E-state index in [1.54, 1.807) is 10.6 Å². The van der Waals surface area contributed by atoms with Crippen molar-refractivity contribution in [3.63, 3.8) is 0 Å². The van der Waals surface area contributed by atoms with Crippen molar-refractivity contribution in [2.45, 2.75) is 13.3 Å². The van der Waals surface area contributed by atoms with Crippen LogP contribution >= 0.6 is 0 Å². The van der Waals surface area contributed by atoms with Gasteiger partial charge in [-0.3, -0.25) is 9.36 Å². The van der Waals surface area contributed by atoms with Crippen molar-refractivity contribution >= 4 is 20.8 Å². The molecule has 0 radical (unpaired) electrons. The van der Waals surface area contributed by atoms with E-state index >= 15 is 0 Å². The lowest BCUT2D eigenvalue weighted by Gasteiger charge is -2.14. The molecule has 0 atom stereocenters. The summed E-state index contributed by atoms with van der Waals surface area (Å²) in [6, 6.07) is 17.0. The predicted molar refractivity (Wildman–Crippen MR) is 109 cm³/mol. The Morgan fingerprint density at radius 3 is 2.48 bits per heavy atom. The highest BCUT2D eigenvalue weighted by molar-refractivity contribution is 7.88. The van der Waals surface area contributed by atoms with Crippen LogP contribution in [-0.2, 0) is 16.4 Å². The van der Waals surface area contributed by atoms with Crippen LogP contribution in [0.15, 0.2) is 59.4 Å². The lowest BCUT2D eigenvalue weighted by Crippen LogP contribution is -2.23. The zero-order valence-electron chi connectivity index (χ0n) is 15.2. The van der Waals surface area contributed by atoms with Gasteiger partial charge in [0.2, 0.25) is 10.0 Å². The largest absolute Gasteiger partial charge is 0.281 e. The topological polar surface area (TPSA) is 68.2 Å². The second-order valence-electron chi connectivity index (χ2n) is 6.13. The first-order chi connectivity index (χ1) is 12.9. The highest BCUT2D eigenvalue weighted by atomic mass is 32.2. The number of hydrogen-bond donors (Lipinski definition) is 1. The number of nitrogens with one attached hydrogen (secondary N) is 1. The highest BCUT2D eigenvalue weighted by Gasteiger charge is 2.12. The van der Waals surface area contributed by atoms with Gasteiger partial charge in [-0.05, 0) is 36.1 Å². The lowest BCUT2D eigenvalue weighted by atomic mass is 10.0. The van der Waals surface area contributed by atoms with Crippen molar-refractivity contribution in [1.29, 1.82) is 0 Å². The normalized spacial score (nSPS) is 11.2. The third kappa shape index (κ3) is 4.27. The summed E-state index contributed by atoms with van der Waals surface area (Å²) in [5.74, 6) is 5.70. The molecule has 138 valence electrons. The standard InChI is InChI=1S/C21H20N2O3S/c1-3-18-15-17-10-7-9-16(11-8-14-22-27(2,25)26)20(17)21(24)23(18)19-12-5-4-6-13-19/h4-7,9-10,12-13,15,22H,3,14H2,1-2H3. The van der Waals surface area contributed by atoms with Gasteiger partial charge >= 0.3 is 0 Å². The van der Waals surface area contributed by atoms with Crippen molar-refractivity contribution < 1.29 is 8.42 Å². The number of aromatic nitrogens is 1. The molecule has 5 nitrogen and oxygen atoms in total. The Kier molecular flexibility index (Phi) is 5.45. The summed E-state index contributed by atoms with van der Waals surface area (Å²) in [4.78, 5) is 13.3. The summed E-state index contributed by atoms with van der Waals surface area (Å²) in [7, 11) is -3.30. The van der Waals surface area contributed by atoms with Crippen molar-refractivity contribution in [1.82, 2.24) is 9.29 Å². The SMILES string of the molecule is CCc1cc2cccc(C#CCNS(C)(=O)=O)c2c(=O)n1-c1ccccc1. The number of sulfonamides is 1. The Balaban J connectivity index is 2.18. The van der Waals surface area contributed by atoms with Gasteiger partial charge in [0.15, 0.2) is 0 Å². The molecular formula is C21H20N2O3S. The summed E-state index contributed by atoms with van der Waals surface area (Å²) in [6.07, 6.45) is 1.80. The Morgan fingerprint density at radius 1 is 1.07 bits per heavy atom. The fourth-order valence-corrected chi connectivity index (χ4v) is 3.28. The summed E-state index contributed by atoms with van der Waals surface area (Å²) in [6.45, 7) is 2.01. The van der Waals surface area contributed by atoms with Gasteiger partial charge in [0.05, 0.1) is 18.2 Å². The third-order valence-electron chi connectivity index (χ3n) is 4.15. The van der Waals surface area contributed by atoms with Crippen LogP contribution < -0.4 is 10.3 Å². The van der Waals surface area contributed by atoms with E-state index in [0.29, 0.717) is 17.4 Å². The molecule has 1 N–H and O–H groups in total. The van der Waals surface area contributed by atoms with Gasteiger partial charge in [-0.1, -0.05) is 49.1 Å². The predicted octanol–water partition coefficient (Wildman–Crippen LogP) is 2.45. The maximum absolute atomic E-state index is 13.3. The molecule has 2 aromatic carbocycles. The van der Waals surface area contributed by atoms with Crippen LogP contribution in [0.25, 0.3) is 16.5 Å². The molecule has 3 rings (SSSR count). The van der Waals surface area contributed by atoms with Crippen LogP contribution in [0.1, 0.15) is 18.2 Å². The number of nitrogens with zero attached hydrogens (tertiary/aromatic N) is 1. The van der Waals surface area contributed by atoms with E-state index in [4.69, 9.17) is 0 Å². The first-order valence-corrected chi connectivity index (χ1v) is 10.5. The third-order valence-corrected chi connectivity index (χ3v) is 4.81. The number of rotatable bonds is 4. The second kappa shape index (κ2) is 7.78. The van der Waals surface area contributed by atoms with Gasteiger partial charge in [0, 0.05) is 16.9 Å². The molecular weight excluding hydrogens is 360 g/mol. The molecule has 0 saturated carbocycles. The highest BCUT2D eigenvalue weighted by Crippen LogP contribution is 2.19. The molecule has 0 unspecified atom stereocenters. The van der Waals surface area contributed by atoms with Crippen molar-refractivity contribution in [2.24, 2.45) is 0 Å². The van der Waals surface area contributed by atoms with E-state index in [1.165, 1.54) is 0 Å². The molecule has 0 bridgehead atoms.